The first-order chi connectivity index (χ1) is 13.1. The topological polar surface area (TPSA) is 58.3 Å². The minimum absolute atomic E-state index is 0.188. The molecule has 0 amide bonds. The Morgan fingerprint density at radius 2 is 1.85 bits per heavy atom. The molecule has 2 heterocycles. The molecule has 4 saturated carbocycles. The quantitative estimate of drug-likeness (QED) is 0.871. The summed E-state index contributed by atoms with van der Waals surface area (Å²) in [4.78, 5) is 4.23. The third kappa shape index (κ3) is 2.07. The molecular weight excluding hydrogens is 343 g/mol. The smallest absolute Gasteiger partial charge is 0.129 e. The third-order valence-corrected chi connectivity index (χ3v) is 8.09. The molecule has 1 aromatic carbocycles. The molecule has 7 rings (SSSR count). The molecule has 2 atom stereocenters. The highest BCUT2D eigenvalue weighted by atomic mass is 19.1. The van der Waals surface area contributed by atoms with Crippen molar-refractivity contribution >= 4 is 0 Å². The fourth-order valence-corrected chi connectivity index (χ4v) is 7.11. The first kappa shape index (κ1) is 16.3. The maximum atomic E-state index is 14.7. The summed E-state index contributed by atoms with van der Waals surface area (Å²) in [6, 6.07) is 4.80. The number of rotatable bonds is 3. The first-order valence-corrected chi connectivity index (χ1v) is 10.3. The molecule has 4 nitrogen and oxygen atoms in total. The van der Waals surface area contributed by atoms with E-state index in [2.05, 4.69) is 4.98 Å². The predicted octanol–water partition coefficient (Wildman–Crippen LogP) is 3.53. The monoisotopic (exact) mass is 368 g/mol. The highest BCUT2D eigenvalue weighted by Crippen LogP contribution is 2.60. The summed E-state index contributed by atoms with van der Waals surface area (Å²) < 4.78 is 16.6. The van der Waals surface area contributed by atoms with Crippen LogP contribution >= 0.6 is 0 Å². The van der Waals surface area contributed by atoms with Crippen LogP contribution in [0.4, 0.5) is 4.39 Å². The van der Waals surface area contributed by atoms with Crippen LogP contribution in [0, 0.1) is 29.5 Å². The normalized spacial score (nSPS) is 39.4. The van der Waals surface area contributed by atoms with Crippen molar-refractivity contribution in [2.24, 2.45) is 23.7 Å². The van der Waals surface area contributed by atoms with Crippen molar-refractivity contribution in [2.75, 3.05) is 0 Å². The Kier molecular flexibility index (Phi) is 3.26. The van der Waals surface area contributed by atoms with Gasteiger partial charge in [0.15, 0.2) is 0 Å². The van der Waals surface area contributed by atoms with Crippen LogP contribution in [0.25, 0.3) is 11.3 Å². The zero-order valence-corrected chi connectivity index (χ0v) is 15.3. The summed E-state index contributed by atoms with van der Waals surface area (Å²) in [6.45, 7) is 0. The van der Waals surface area contributed by atoms with Crippen LogP contribution in [0.5, 0.6) is 0 Å². The van der Waals surface area contributed by atoms with Gasteiger partial charge in [0.2, 0.25) is 0 Å². The van der Waals surface area contributed by atoms with Gasteiger partial charge < -0.3 is 14.8 Å². The fourth-order valence-electron chi connectivity index (χ4n) is 7.11. The highest BCUT2D eigenvalue weighted by molar-refractivity contribution is 5.69. The summed E-state index contributed by atoms with van der Waals surface area (Å²) >= 11 is 0. The van der Waals surface area contributed by atoms with E-state index in [0.717, 1.165) is 48.8 Å². The van der Waals surface area contributed by atoms with Gasteiger partial charge in [0.1, 0.15) is 5.82 Å². The van der Waals surface area contributed by atoms with Gasteiger partial charge in [0.25, 0.3) is 0 Å². The Hall–Kier alpha value is -1.72. The summed E-state index contributed by atoms with van der Waals surface area (Å²) in [5, 5.41) is 22.9. The molecule has 0 radical (unpaired) electrons. The van der Waals surface area contributed by atoms with Gasteiger partial charge in [-0.1, -0.05) is 12.1 Å². The molecule has 4 fully saturated rings. The number of nitrogens with zero attached hydrogens (tertiary/aromatic N) is 2. The number of hydrogen-bond donors (Lipinski definition) is 2. The largest absolute Gasteiger partial charge is 0.390 e. The average molecular weight is 368 g/mol. The van der Waals surface area contributed by atoms with Crippen LogP contribution in [0.15, 0.2) is 30.7 Å². The lowest BCUT2D eigenvalue weighted by Gasteiger charge is -2.60. The summed E-state index contributed by atoms with van der Waals surface area (Å²) in [7, 11) is 0. The van der Waals surface area contributed by atoms with Crippen LogP contribution in [0.2, 0.25) is 0 Å². The van der Waals surface area contributed by atoms with E-state index in [-0.39, 0.29) is 23.7 Å². The van der Waals surface area contributed by atoms with Crippen molar-refractivity contribution in [2.45, 2.75) is 56.3 Å². The van der Waals surface area contributed by atoms with Crippen molar-refractivity contribution in [3.63, 3.8) is 0 Å². The first-order valence-electron chi connectivity index (χ1n) is 10.3. The minimum atomic E-state index is -1.03. The number of fused-ring (bicyclic) bond motifs is 3. The number of hydrogen-bond acceptors (Lipinski definition) is 3. The standard InChI is InChI=1S/C22H25FN2O2/c23-17-3-1-2-16-19-10-24-11-25(19)18(21(16)17)9-20(26)22(27)14-5-12-4-13(7-14)8-15(22)6-12/h1-3,10-15,18,20,26-27H,4-9H2/t12?,13?,14?,15?,18-,20+,22?/m0/s1. The van der Waals surface area contributed by atoms with Crippen molar-refractivity contribution in [1.82, 2.24) is 9.55 Å². The van der Waals surface area contributed by atoms with E-state index in [1.807, 2.05) is 10.6 Å². The van der Waals surface area contributed by atoms with Crippen molar-refractivity contribution in [3.05, 3.63) is 42.1 Å². The van der Waals surface area contributed by atoms with E-state index in [9.17, 15) is 14.6 Å². The van der Waals surface area contributed by atoms with E-state index < -0.39 is 11.7 Å². The minimum Gasteiger partial charge on any atom is -0.390 e. The average Bonchev–Trinajstić information content (AvgIpc) is 3.22. The van der Waals surface area contributed by atoms with Gasteiger partial charge in [-0.05, 0) is 61.8 Å². The number of halogens is 1. The summed E-state index contributed by atoms with van der Waals surface area (Å²) in [5.41, 5.74) is 1.34. The van der Waals surface area contributed by atoms with Crippen molar-refractivity contribution < 1.29 is 14.6 Å². The number of benzene rings is 1. The van der Waals surface area contributed by atoms with Crippen molar-refractivity contribution in [3.8, 4) is 11.3 Å². The van der Waals surface area contributed by atoms with Gasteiger partial charge in [0, 0.05) is 17.5 Å². The van der Waals surface area contributed by atoms with Crippen molar-refractivity contribution in [1.29, 1.82) is 0 Å². The Morgan fingerprint density at radius 3 is 2.56 bits per heavy atom. The lowest BCUT2D eigenvalue weighted by Crippen LogP contribution is -2.63. The maximum absolute atomic E-state index is 14.7. The molecule has 2 N–H and O–H groups in total. The van der Waals surface area contributed by atoms with Crippen LogP contribution < -0.4 is 0 Å². The molecule has 1 aromatic heterocycles. The Balaban J connectivity index is 1.36. The van der Waals surface area contributed by atoms with Gasteiger partial charge in [-0.15, -0.1) is 0 Å². The molecule has 4 aliphatic carbocycles. The van der Waals surface area contributed by atoms with E-state index in [4.69, 9.17) is 0 Å². The third-order valence-electron chi connectivity index (χ3n) is 8.09. The lowest BCUT2D eigenvalue weighted by molar-refractivity contribution is -0.223. The molecule has 0 unspecified atom stereocenters. The molecule has 4 bridgehead atoms. The number of aliphatic hydroxyl groups excluding tert-OH is 1. The van der Waals surface area contributed by atoms with E-state index in [0.29, 0.717) is 12.0 Å². The predicted molar refractivity (Wildman–Crippen MR) is 98.4 cm³/mol. The van der Waals surface area contributed by atoms with Gasteiger partial charge in [-0.25, -0.2) is 9.37 Å². The fraction of sp³-hybridized carbons (Fsp3) is 0.591. The molecule has 1 aliphatic heterocycles. The lowest BCUT2D eigenvalue weighted by atomic mass is 9.48. The Morgan fingerprint density at radius 1 is 1.15 bits per heavy atom. The Bertz CT molecular complexity index is 879. The van der Waals surface area contributed by atoms with Gasteiger partial charge in [0.05, 0.1) is 36.0 Å². The van der Waals surface area contributed by atoms with Gasteiger partial charge in [-0.2, -0.15) is 0 Å². The summed E-state index contributed by atoms with van der Waals surface area (Å²) in [6.07, 6.45) is 8.39. The highest BCUT2D eigenvalue weighted by Gasteiger charge is 2.59. The SMILES string of the molecule is O[C@H](C[C@H]1c2c(F)cccc2-c2cncn21)C1(O)C2CC3CC(C2)CC1C3. The van der Waals surface area contributed by atoms with E-state index in [1.165, 1.54) is 12.5 Å². The van der Waals surface area contributed by atoms with E-state index in [1.54, 1.807) is 18.6 Å². The molecular formula is C22H25FN2O2. The molecule has 142 valence electrons. The van der Waals surface area contributed by atoms with Crippen LogP contribution in [-0.4, -0.2) is 31.5 Å². The summed E-state index contributed by atoms with van der Waals surface area (Å²) in [5.74, 6) is 1.58. The molecule has 5 heteroatoms. The maximum Gasteiger partial charge on any atom is 0.129 e. The molecule has 2 aromatic rings. The van der Waals surface area contributed by atoms with Gasteiger partial charge >= 0.3 is 0 Å². The number of aromatic nitrogens is 2. The van der Waals surface area contributed by atoms with Crippen LogP contribution in [0.3, 0.4) is 0 Å². The zero-order chi connectivity index (χ0) is 18.3. The second kappa shape index (κ2) is 5.42. The van der Waals surface area contributed by atoms with Gasteiger partial charge in [-0.3, -0.25) is 0 Å². The van der Waals surface area contributed by atoms with E-state index >= 15 is 0 Å². The second-order valence-corrected chi connectivity index (χ2v) is 9.35. The number of imidazole rings is 1. The molecule has 5 aliphatic rings. The molecule has 0 spiro atoms. The van der Waals surface area contributed by atoms with Crippen LogP contribution in [-0.2, 0) is 0 Å². The molecule has 27 heavy (non-hydrogen) atoms. The van der Waals surface area contributed by atoms with Crippen LogP contribution in [0.1, 0.15) is 50.1 Å². The Labute approximate surface area is 158 Å². The number of aliphatic hydroxyl groups is 2. The molecule has 0 saturated heterocycles. The zero-order valence-electron chi connectivity index (χ0n) is 15.3. The second-order valence-electron chi connectivity index (χ2n) is 9.35.